The predicted molar refractivity (Wildman–Crippen MR) is 54.0 cm³/mol. The second-order valence-electron chi connectivity index (χ2n) is 2.14. The molecule has 1 aliphatic rings. The van der Waals surface area contributed by atoms with Crippen LogP contribution in [0.4, 0.5) is 0 Å². The Morgan fingerprint density at radius 3 is 1.45 bits per heavy atom. The number of rotatable bonds is 1. The van der Waals surface area contributed by atoms with Gasteiger partial charge in [0.25, 0.3) is 0 Å². The summed E-state index contributed by atoms with van der Waals surface area (Å²) in [5.74, 6) is 0. The van der Waals surface area contributed by atoms with Crippen LogP contribution in [-0.4, -0.2) is 24.5 Å². The van der Waals surface area contributed by atoms with Crippen molar-refractivity contribution in [2.75, 3.05) is 19.6 Å². The number of hydrogen-bond donors (Lipinski definition) is 0. The first-order valence-corrected chi connectivity index (χ1v) is 5.16. The van der Waals surface area contributed by atoms with Crippen LogP contribution in [0.1, 0.15) is 47.5 Å². The van der Waals surface area contributed by atoms with E-state index in [1.807, 2.05) is 27.7 Å². The van der Waals surface area contributed by atoms with Crippen LogP contribution in [0.2, 0.25) is 0 Å². The minimum absolute atomic E-state index is 1.25. The molecule has 1 nitrogen and oxygen atoms in total. The van der Waals surface area contributed by atoms with Gasteiger partial charge in [-0.3, -0.25) is 0 Å². The van der Waals surface area contributed by atoms with E-state index in [-0.39, 0.29) is 0 Å². The van der Waals surface area contributed by atoms with Gasteiger partial charge in [0, 0.05) is 0 Å². The number of nitrogens with zero attached hydrogens (tertiary/aromatic N) is 1. The number of hydrogen-bond acceptors (Lipinski definition) is 1. The third kappa shape index (κ3) is 7.86. The molecule has 1 rings (SSSR count). The van der Waals surface area contributed by atoms with Gasteiger partial charge in [0.15, 0.2) is 0 Å². The van der Waals surface area contributed by atoms with Crippen molar-refractivity contribution in [2.24, 2.45) is 0 Å². The lowest BCUT2D eigenvalue weighted by atomic mass is 10.4. The summed E-state index contributed by atoms with van der Waals surface area (Å²) in [6.07, 6.45) is 2.85. The third-order valence-electron chi connectivity index (χ3n) is 1.65. The fraction of sp³-hybridized carbons (Fsp3) is 1.00. The molecular weight excluding hydrogens is 134 g/mol. The summed E-state index contributed by atoms with van der Waals surface area (Å²) in [5.41, 5.74) is 0. The molecule has 0 atom stereocenters. The van der Waals surface area contributed by atoms with E-state index in [0.29, 0.717) is 0 Å². The smallest absolute Gasteiger partial charge is 0.00184 e. The molecule has 0 amide bonds. The van der Waals surface area contributed by atoms with Crippen molar-refractivity contribution in [1.29, 1.82) is 0 Å². The van der Waals surface area contributed by atoms with Gasteiger partial charge in [-0.1, -0.05) is 34.6 Å². The Hall–Kier alpha value is -0.0400. The molecule has 0 N–H and O–H groups in total. The van der Waals surface area contributed by atoms with Gasteiger partial charge in [-0.25, -0.2) is 0 Å². The van der Waals surface area contributed by atoms with Crippen molar-refractivity contribution >= 4 is 0 Å². The maximum absolute atomic E-state index is 2.49. The van der Waals surface area contributed by atoms with Crippen molar-refractivity contribution in [3.63, 3.8) is 0 Å². The summed E-state index contributed by atoms with van der Waals surface area (Å²) in [5, 5.41) is 0. The van der Waals surface area contributed by atoms with E-state index in [9.17, 15) is 0 Å². The maximum atomic E-state index is 2.49. The molecule has 0 bridgehead atoms. The highest BCUT2D eigenvalue weighted by molar-refractivity contribution is 4.62. The van der Waals surface area contributed by atoms with E-state index in [0.717, 1.165) is 0 Å². The summed E-state index contributed by atoms with van der Waals surface area (Å²) in [4.78, 5) is 2.49. The second kappa shape index (κ2) is 12.6. The van der Waals surface area contributed by atoms with Gasteiger partial charge in [-0.15, -0.1) is 0 Å². The monoisotopic (exact) mass is 159 g/mol. The molecule has 0 aliphatic carbocycles. The van der Waals surface area contributed by atoms with Gasteiger partial charge in [0.1, 0.15) is 0 Å². The van der Waals surface area contributed by atoms with Crippen LogP contribution in [0.5, 0.6) is 0 Å². The SMILES string of the molecule is CC.CC.CCN1CCCC1. The molecular formula is C10H25N. The second-order valence-corrected chi connectivity index (χ2v) is 2.14. The normalized spacial score (nSPS) is 16.1. The average Bonchev–Trinajstić information content (AvgIpc) is 2.63. The molecule has 70 valence electrons. The van der Waals surface area contributed by atoms with Crippen molar-refractivity contribution in [1.82, 2.24) is 4.90 Å². The highest BCUT2D eigenvalue weighted by atomic mass is 15.1. The molecule has 0 saturated carbocycles. The first kappa shape index (κ1) is 13.5. The first-order valence-electron chi connectivity index (χ1n) is 5.16. The molecule has 1 heteroatoms. The van der Waals surface area contributed by atoms with Crippen LogP contribution in [0.3, 0.4) is 0 Å². The van der Waals surface area contributed by atoms with Crippen molar-refractivity contribution in [2.45, 2.75) is 47.5 Å². The summed E-state index contributed by atoms with van der Waals surface area (Å²) in [6, 6.07) is 0. The van der Waals surface area contributed by atoms with Crippen LogP contribution >= 0.6 is 0 Å². The molecule has 1 fully saturated rings. The molecule has 11 heavy (non-hydrogen) atoms. The molecule has 0 spiro atoms. The molecule has 0 aromatic carbocycles. The van der Waals surface area contributed by atoms with E-state index < -0.39 is 0 Å². The highest BCUT2D eigenvalue weighted by Gasteiger charge is 2.06. The maximum Gasteiger partial charge on any atom is -0.00184 e. The van der Waals surface area contributed by atoms with Crippen molar-refractivity contribution in [3.05, 3.63) is 0 Å². The van der Waals surface area contributed by atoms with Crippen LogP contribution in [0.25, 0.3) is 0 Å². The Bertz CT molecular complexity index is 46.8. The fourth-order valence-corrected chi connectivity index (χ4v) is 1.10. The van der Waals surface area contributed by atoms with E-state index in [1.54, 1.807) is 0 Å². The quantitative estimate of drug-likeness (QED) is 0.568. The molecule has 0 aromatic rings. The zero-order valence-corrected chi connectivity index (χ0v) is 8.98. The zero-order valence-electron chi connectivity index (χ0n) is 8.98. The lowest BCUT2D eigenvalue weighted by Crippen LogP contribution is -2.17. The molecule has 0 aromatic heterocycles. The van der Waals surface area contributed by atoms with Crippen LogP contribution in [0, 0.1) is 0 Å². The van der Waals surface area contributed by atoms with Gasteiger partial charge in [0.2, 0.25) is 0 Å². The Labute approximate surface area is 72.8 Å². The van der Waals surface area contributed by atoms with Crippen molar-refractivity contribution in [3.8, 4) is 0 Å². The molecule has 1 aliphatic heterocycles. The summed E-state index contributed by atoms with van der Waals surface area (Å²) >= 11 is 0. The van der Waals surface area contributed by atoms with E-state index in [1.165, 1.54) is 32.5 Å². The Morgan fingerprint density at radius 2 is 1.27 bits per heavy atom. The zero-order chi connectivity index (χ0) is 9.11. The van der Waals surface area contributed by atoms with Gasteiger partial charge >= 0.3 is 0 Å². The van der Waals surface area contributed by atoms with Gasteiger partial charge in [-0.2, -0.15) is 0 Å². The first-order chi connectivity index (χ1) is 5.43. The average molecular weight is 159 g/mol. The fourth-order valence-electron chi connectivity index (χ4n) is 1.10. The Morgan fingerprint density at radius 1 is 0.909 bits per heavy atom. The Kier molecular flexibility index (Phi) is 15.5. The molecule has 0 radical (unpaired) electrons. The van der Waals surface area contributed by atoms with E-state index >= 15 is 0 Å². The molecule has 1 saturated heterocycles. The van der Waals surface area contributed by atoms with Crippen LogP contribution in [0.15, 0.2) is 0 Å². The van der Waals surface area contributed by atoms with Gasteiger partial charge in [0.05, 0.1) is 0 Å². The van der Waals surface area contributed by atoms with Gasteiger partial charge in [-0.05, 0) is 32.5 Å². The van der Waals surface area contributed by atoms with Gasteiger partial charge < -0.3 is 4.90 Å². The Balaban J connectivity index is 0. The predicted octanol–water partition coefficient (Wildman–Crippen LogP) is 3.15. The lowest BCUT2D eigenvalue weighted by Gasteiger charge is -2.08. The summed E-state index contributed by atoms with van der Waals surface area (Å²) < 4.78 is 0. The standard InChI is InChI=1S/C6H13N.2C2H6/c1-2-7-5-3-4-6-7;2*1-2/h2-6H2,1H3;2*1-2H3. The van der Waals surface area contributed by atoms with E-state index in [2.05, 4.69) is 11.8 Å². The number of likely N-dealkylation sites (tertiary alicyclic amines) is 1. The van der Waals surface area contributed by atoms with Crippen LogP contribution < -0.4 is 0 Å². The van der Waals surface area contributed by atoms with E-state index in [4.69, 9.17) is 0 Å². The molecule has 1 heterocycles. The minimum atomic E-state index is 1.25. The summed E-state index contributed by atoms with van der Waals surface area (Å²) in [7, 11) is 0. The highest BCUT2D eigenvalue weighted by Crippen LogP contribution is 2.04. The third-order valence-corrected chi connectivity index (χ3v) is 1.65. The lowest BCUT2D eigenvalue weighted by molar-refractivity contribution is 0.359. The van der Waals surface area contributed by atoms with Crippen molar-refractivity contribution < 1.29 is 0 Å². The van der Waals surface area contributed by atoms with Crippen LogP contribution in [-0.2, 0) is 0 Å². The minimum Gasteiger partial charge on any atom is -0.304 e. The topological polar surface area (TPSA) is 3.24 Å². The summed E-state index contributed by atoms with van der Waals surface area (Å²) in [6.45, 7) is 14.2. The molecule has 0 unspecified atom stereocenters. The largest absolute Gasteiger partial charge is 0.304 e.